The molecule has 1 amide bonds. The molecule has 35 heavy (non-hydrogen) atoms. The summed E-state index contributed by atoms with van der Waals surface area (Å²) in [6, 6.07) is 2.67. The Morgan fingerprint density at radius 1 is 1.14 bits per heavy atom. The Morgan fingerprint density at radius 3 is 2.37 bits per heavy atom. The maximum atomic E-state index is 13.2. The van der Waals surface area contributed by atoms with Gasteiger partial charge in [0.1, 0.15) is 17.0 Å². The second kappa shape index (κ2) is 9.88. The highest BCUT2D eigenvalue weighted by atomic mass is 19.4. The zero-order chi connectivity index (χ0) is 26.1. The van der Waals surface area contributed by atoms with Gasteiger partial charge >= 0.3 is 12.1 Å². The molecule has 188 valence electrons. The third-order valence-electron chi connectivity index (χ3n) is 5.07. The summed E-state index contributed by atoms with van der Waals surface area (Å²) in [6.07, 6.45) is -5.96. The maximum Gasteiger partial charge on any atom is 0.433 e. The number of methoxy groups -OCH3 is 2. The summed E-state index contributed by atoms with van der Waals surface area (Å²) in [5, 5.41) is 12.4. The number of aliphatic hydroxyl groups is 1. The average molecular weight is 496 g/mol. The van der Waals surface area contributed by atoms with Crippen LogP contribution in [0.25, 0.3) is 22.4 Å². The number of hydrogen-bond acceptors (Lipinski definition) is 9. The van der Waals surface area contributed by atoms with E-state index in [2.05, 4.69) is 20.0 Å². The van der Waals surface area contributed by atoms with Crippen LogP contribution < -0.4 is 15.8 Å². The molecule has 0 bridgehead atoms. The molecule has 0 aliphatic carbocycles. The third-order valence-corrected chi connectivity index (χ3v) is 5.07. The van der Waals surface area contributed by atoms with Gasteiger partial charge in [-0.25, -0.2) is 14.8 Å². The highest BCUT2D eigenvalue weighted by molar-refractivity contribution is 5.99. The van der Waals surface area contributed by atoms with Crippen LogP contribution in [-0.4, -0.2) is 53.3 Å². The Kier molecular flexibility index (Phi) is 7.31. The summed E-state index contributed by atoms with van der Waals surface area (Å²) in [4.78, 5) is 32.7. The number of oxazole rings is 1. The molecule has 0 unspecified atom stereocenters. The van der Waals surface area contributed by atoms with Crippen LogP contribution in [0.3, 0.4) is 0 Å². The number of esters is 1. The van der Waals surface area contributed by atoms with Gasteiger partial charge in [0.2, 0.25) is 5.89 Å². The smallest absolute Gasteiger partial charge is 0.433 e. The topological polar surface area (TPSA) is 150 Å². The van der Waals surface area contributed by atoms with E-state index in [0.29, 0.717) is 0 Å². The molecule has 0 spiro atoms. The van der Waals surface area contributed by atoms with Crippen LogP contribution in [-0.2, 0) is 15.7 Å². The fourth-order valence-electron chi connectivity index (χ4n) is 3.33. The number of halogens is 3. The van der Waals surface area contributed by atoms with Gasteiger partial charge in [-0.3, -0.25) is 4.79 Å². The summed E-state index contributed by atoms with van der Waals surface area (Å²) in [5.41, 5.74) is 4.68. The summed E-state index contributed by atoms with van der Waals surface area (Å²) in [5.74, 6) is -1.84. The van der Waals surface area contributed by atoms with E-state index >= 15 is 0 Å². The molecule has 1 aromatic carbocycles. The Hall–Kier alpha value is -3.71. The molecule has 0 aliphatic rings. The fourth-order valence-corrected chi connectivity index (χ4v) is 3.33. The van der Waals surface area contributed by atoms with E-state index in [-0.39, 0.29) is 39.6 Å². The molecule has 4 N–H and O–H groups in total. The lowest BCUT2D eigenvalue weighted by Crippen LogP contribution is -2.48. The van der Waals surface area contributed by atoms with E-state index in [4.69, 9.17) is 14.9 Å². The largest absolute Gasteiger partial charge is 0.494 e. The molecule has 3 aromatic rings. The van der Waals surface area contributed by atoms with E-state index in [0.717, 1.165) is 13.2 Å². The predicted octanol–water partition coefficient (Wildman–Crippen LogP) is 2.59. The number of hydrogen-bond donors (Lipinski definition) is 3. The lowest BCUT2D eigenvalue weighted by molar-refractivity contribution is -0.145. The van der Waals surface area contributed by atoms with Crippen LogP contribution in [0.15, 0.2) is 28.7 Å². The van der Waals surface area contributed by atoms with E-state index in [1.807, 2.05) is 0 Å². The molecule has 0 radical (unpaired) electrons. The van der Waals surface area contributed by atoms with Crippen LogP contribution in [0, 0.1) is 0 Å². The van der Waals surface area contributed by atoms with Gasteiger partial charge in [-0.15, -0.1) is 0 Å². The second-order valence-corrected chi connectivity index (χ2v) is 7.64. The van der Waals surface area contributed by atoms with E-state index < -0.39 is 41.9 Å². The van der Waals surface area contributed by atoms with Crippen molar-refractivity contribution in [1.82, 2.24) is 15.3 Å². The number of benzene rings is 1. The molecule has 0 saturated heterocycles. The van der Waals surface area contributed by atoms with Crippen molar-refractivity contribution in [2.24, 2.45) is 5.73 Å². The SMILES string of the molecule is COC(=O)[C@@H](NC(=O)c1nc(-c2ccc(OC)c3nc(C(F)(F)F)ccc23)oc1[C@H](C)N)[C@@H](C)O. The van der Waals surface area contributed by atoms with Gasteiger partial charge in [0.05, 0.1) is 26.4 Å². The summed E-state index contributed by atoms with van der Waals surface area (Å²) in [7, 11) is 2.39. The maximum absolute atomic E-state index is 13.2. The molecule has 0 saturated carbocycles. The quantitative estimate of drug-likeness (QED) is 0.420. The average Bonchev–Trinajstić information content (AvgIpc) is 3.25. The first-order valence-electron chi connectivity index (χ1n) is 10.3. The minimum atomic E-state index is -4.68. The number of nitrogens with two attached hydrogens (primary N) is 1. The number of amides is 1. The highest BCUT2D eigenvalue weighted by Gasteiger charge is 2.34. The molecule has 13 heteroatoms. The van der Waals surface area contributed by atoms with Crippen molar-refractivity contribution < 1.29 is 41.8 Å². The number of aliphatic hydroxyl groups excluding tert-OH is 1. The number of aromatic nitrogens is 2. The second-order valence-electron chi connectivity index (χ2n) is 7.64. The Bertz CT molecular complexity index is 1260. The number of pyridine rings is 1. The Labute approximate surface area is 197 Å². The minimum absolute atomic E-state index is 0.0458. The summed E-state index contributed by atoms with van der Waals surface area (Å²) < 4.78 is 55.1. The number of carbonyl (C=O) groups excluding carboxylic acids is 2. The van der Waals surface area contributed by atoms with Gasteiger partial charge in [0.15, 0.2) is 17.5 Å². The zero-order valence-electron chi connectivity index (χ0n) is 19.1. The van der Waals surface area contributed by atoms with Crippen molar-refractivity contribution in [3.8, 4) is 17.2 Å². The van der Waals surface area contributed by atoms with Crippen LogP contribution in [0.1, 0.15) is 41.8 Å². The number of nitrogens with one attached hydrogen (secondary N) is 1. The van der Waals surface area contributed by atoms with Crippen molar-refractivity contribution in [1.29, 1.82) is 0 Å². The first kappa shape index (κ1) is 25.9. The van der Waals surface area contributed by atoms with Crippen molar-refractivity contribution >= 4 is 22.8 Å². The predicted molar refractivity (Wildman–Crippen MR) is 116 cm³/mol. The number of nitrogens with zero attached hydrogens (tertiary/aromatic N) is 2. The van der Waals surface area contributed by atoms with E-state index in [1.165, 1.54) is 39.2 Å². The van der Waals surface area contributed by atoms with Crippen molar-refractivity contribution in [2.75, 3.05) is 14.2 Å². The lowest BCUT2D eigenvalue weighted by Gasteiger charge is -2.18. The molecule has 2 heterocycles. The zero-order valence-corrected chi connectivity index (χ0v) is 19.1. The van der Waals surface area contributed by atoms with Crippen LogP contribution in [0.2, 0.25) is 0 Å². The number of ether oxygens (including phenoxy) is 2. The summed E-state index contributed by atoms with van der Waals surface area (Å²) >= 11 is 0. The monoisotopic (exact) mass is 496 g/mol. The van der Waals surface area contributed by atoms with Crippen LogP contribution in [0.4, 0.5) is 13.2 Å². The van der Waals surface area contributed by atoms with Gasteiger partial charge in [-0.1, -0.05) is 0 Å². The number of carbonyl (C=O) groups is 2. The standard InChI is InChI=1S/C22H23F3N4O6/c1-9(26)18-17(19(31)28-15(10(2)30)21(32)34-4)29-20(35-18)12-5-7-13(33-3)16-11(12)6-8-14(27-16)22(23,24)25/h5-10,15,30H,26H2,1-4H3,(H,28,31)/t9-,10+,15-/m0/s1. The van der Waals surface area contributed by atoms with E-state index in [1.54, 1.807) is 0 Å². The molecular weight excluding hydrogens is 473 g/mol. The normalized spacial score (nSPS) is 14.3. The highest BCUT2D eigenvalue weighted by Crippen LogP contribution is 2.37. The van der Waals surface area contributed by atoms with Gasteiger partial charge in [-0.05, 0) is 38.1 Å². The molecule has 3 rings (SSSR count). The first-order chi connectivity index (χ1) is 16.4. The van der Waals surface area contributed by atoms with Gasteiger partial charge in [-0.2, -0.15) is 13.2 Å². The third kappa shape index (κ3) is 5.20. The van der Waals surface area contributed by atoms with Crippen molar-refractivity contribution in [3.05, 3.63) is 41.4 Å². The van der Waals surface area contributed by atoms with Gasteiger partial charge in [0, 0.05) is 10.9 Å². The van der Waals surface area contributed by atoms with Gasteiger partial charge < -0.3 is 30.0 Å². The fraction of sp³-hybridized carbons (Fsp3) is 0.364. The first-order valence-corrected chi connectivity index (χ1v) is 10.3. The molecular formula is C22H23F3N4O6. The van der Waals surface area contributed by atoms with Crippen molar-refractivity contribution in [2.45, 2.75) is 38.2 Å². The molecule has 2 aromatic heterocycles. The number of fused-ring (bicyclic) bond motifs is 1. The molecule has 0 fully saturated rings. The Balaban J connectivity index is 2.13. The number of alkyl halides is 3. The summed E-state index contributed by atoms with van der Waals surface area (Å²) in [6.45, 7) is 2.81. The van der Waals surface area contributed by atoms with E-state index in [9.17, 15) is 27.9 Å². The lowest BCUT2D eigenvalue weighted by atomic mass is 10.1. The number of rotatable bonds is 7. The van der Waals surface area contributed by atoms with Crippen LogP contribution >= 0.6 is 0 Å². The Morgan fingerprint density at radius 2 is 1.83 bits per heavy atom. The molecule has 0 aliphatic heterocycles. The molecule has 10 nitrogen and oxygen atoms in total. The van der Waals surface area contributed by atoms with Crippen LogP contribution in [0.5, 0.6) is 5.75 Å². The van der Waals surface area contributed by atoms with Crippen molar-refractivity contribution in [3.63, 3.8) is 0 Å². The van der Waals surface area contributed by atoms with Gasteiger partial charge in [0.25, 0.3) is 5.91 Å². The molecule has 3 atom stereocenters. The minimum Gasteiger partial charge on any atom is -0.494 e.